The van der Waals surface area contributed by atoms with Gasteiger partial charge in [0, 0.05) is 18.2 Å². The third-order valence-electron chi connectivity index (χ3n) is 6.94. The number of aliphatic hydroxyl groups is 1. The Hall–Kier alpha value is -2.86. The van der Waals surface area contributed by atoms with Crippen LogP contribution in [0.3, 0.4) is 0 Å². The Balaban J connectivity index is 2.57. The molecule has 0 radical (unpaired) electrons. The second-order valence-electron chi connectivity index (χ2n) is 9.38. The van der Waals surface area contributed by atoms with Gasteiger partial charge in [0.25, 0.3) is 0 Å². The topological polar surface area (TPSA) is 96.7 Å². The van der Waals surface area contributed by atoms with Gasteiger partial charge in [0.15, 0.2) is 5.16 Å². The predicted molar refractivity (Wildman–Crippen MR) is 140 cm³/mol. The van der Waals surface area contributed by atoms with Gasteiger partial charge in [-0.05, 0) is 55.0 Å². The molecule has 8 heteroatoms. The van der Waals surface area contributed by atoms with Crippen molar-refractivity contribution in [3.05, 3.63) is 77.2 Å². The molecule has 0 fully saturated rings. The van der Waals surface area contributed by atoms with E-state index in [1.54, 1.807) is 19.1 Å². The van der Waals surface area contributed by atoms with Crippen LogP contribution in [0.25, 0.3) is 22.4 Å². The smallest absolute Gasteiger partial charge is 0.322 e. The minimum absolute atomic E-state index is 0.152. The van der Waals surface area contributed by atoms with E-state index in [9.17, 15) is 24.0 Å². The average Bonchev–Trinajstić information content (AvgIpc) is 2.84. The van der Waals surface area contributed by atoms with Crippen LogP contribution in [-0.4, -0.2) is 33.4 Å². The van der Waals surface area contributed by atoms with E-state index in [4.69, 9.17) is 9.51 Å². The summed E-state index contributed by atoms with van der Waals surface area (Å²) in [6, 6.07) is 15.3. The first-order chi connectivity index (χ1) is 16.9. The highest BCUT2D eigenvalue weighted by Crippen LogP contribution is 2.56. The molecule has 0 saturated carbocycles. The lowest BCUT2D eigenvalue weighted by molar-refractivity contribution is -0.149. The number of carbonyl (C=O) groups is 1. The number of benzene rings is 2. The quantitative estimate of drug-likeness (QED) is 0.315. The molecule has 6 nitrogen and oxygen atoms in total. The van der Waals surface area contributed by atoms with Crippen molar-refractivity contribution < 1.29 is 28.5 Å². The first kappa shape index (κ1) is 27.7. The Kier molecular flexibility index (Phi) is 8.19. The molecule has 2 N–H and O–H groups in total. The maximum Gasteiger partial charge on any atom is 0.322 e. The van der Waals surface area contributed by atoms with Gasteiger partial charge >= 0.3 is 5.97 Å². The molecule has 3 atom stereocenters. The summed E-state index contributed by atoms with van der Waals surface area (Å²) in [5.41, 5.74) is 1.86. The molecule has 0 aliphatic rings. The lowest BCUT2D eigenvalue weighted by Crippen LogP contribution is -2.53. The Morgan fingerprint density at radius 3 is 2.17 bits per heavy atom. The monoisotopic (exact) mass is 513 g/mol. The zero-order chi connectivity index (χ0) is 26.8. The van der Waals surface area contributed by atoms with Crippen LogP contribution in [0.15, 0.2) is 54.6 Å². The zero-order valence-corrected chi connectivity index (χ0v) is 22.4. The second-order valence-corrected chi connectivity index (χ2v) is 11.2. The number of carboxylic acids is 1. The SMILES string of the molecule is CCC(C(=O)O)([PH](=O)OC)C(C)(O)c1c(C(C)C)nc(-c2ccccc2)c(C)c1-c1ccc(F)cc1. The summed E-state index contributed by atoms with van der Waals surface area (Å²) in [6.45, 7) is 8.56. The molecule has 0 bridgehead atoms. The number of hydrogen-bond acceptors (Lipinski definition) is 5. The molecule has 36 heavy (non-hydrogen) atoms. The molecule has 3 unspecified atom stereocenters. The van der Waals surface area contributed by atoms with E-state index >= 15 is 0 Å². The van der Waals surface area contributed by atoms with E-state index in [2.05, 4.69) is 0 Å². The predicted octanol–water partition coefficient (Wildman–Crippen LogP) is 6.55. The first-order valence-electron chi connectivity index (χ1n) is 11.8. The Morgan fingerprint density at radius 1 is 1.11 bits per heavy atom. The van der Waals surface area contributed by atoms with Crippen LogP contribution < -0.4 is 0 Å². The highest BCUT2D eigenvalue weighted by atomic mass is 31.1. The normalized spacial score (nSPS) is 15.8. The average molecular weight is 514 g/mol. The molecule has 3 rings (SSSR count). The highest BCUT2D eigenvalue weighted by Gasteiger charge is 2.60. The van der Waals surface area contributed by atoms with Crippen LogP contribution in [0.2, 0.25) is 0 Å². The van der Waals surface area contributed by atoms with Crippen LogP contribution in [0, 0.1) is 12.7 Å². The fourth-order valence-electron chi connectivity index (χ4n) is 4.98. The Morgan fingerprint density at radius 2 is 1.69 bits per heavy atom. The summed E-state index contributed by atoms with van der Waals surface area (Å²) in [5, 5.41) is 20.5. The van der Waals surface area contributed by atoms with E-state index in [0.29, 0.717) is 28.1 Å². The number of aromatic nitrogens is 1. The van der Waals surface area contributed by atoms with Crippen molar-refractivity contribution in [2.45, 2.75) is 57.7 Å². The molecule has 1 aromatic heterocycles. The van der Waals surface area contributed by atoms with E-state index < -0.39 is 30.6 Å². The Bertz CT molecular complexity index is 1280. The third kappa shape index (κ3) is 4.52. The molecule has 0 saturated heterocycles. The fraction of sp³-hybridized carbons (Fsp3) is 0.357. The summed E-state index contributed by atoms with van der Waals surface area (Å²) < 4.78 is 32.2. The number of rotatable bonds is 9. The lowest BCUT2D eigenvalue weighted by Gasteiger charge is -2.43. The number of hydrogen-bond donors (Lipinski definition) is 2. The van der Waals surface area contributed by atoms with E-state index in [-0.39, 0.29) is 17.9 Å². The van der Waals surface area contributed by atoms with Crippen LogP contribution in [-0.2, 0) is 19.5 Å². The first-order valence-corrected chi connectivity index (χ1v) is 13.2. The molecule has 3 aromatic rings. The van der Waals surface area contributed by atoms with Crippen molar-refractivity contribution in [1.29, 1.82) is 0 Å². The van der Waals surface area contributed by atoms with Gasteiger partial charge in [0.1, 0.15) is 11.4 Å². The minimum Gasteiger partial charge on any atom is -0.480 e. The summed E-state index contributed by atoms with van der Waals surface area (Å²) in [5.74, 6) is -2.09. The van der Waals surface area contributed by atoms with Crippen molar-refractivity contribution in [2.24, 2.45) is 0 Å². The van der Waals surface area contributed by atoms with Gasteiger partial charge in [-0.25, -0.2) is 4.39 Å². The summed E-state index contributed by atoms with van der Waals surface area (Å²) >= 11 is 0. The van der Waals surface area contributed by atoms with Gasteiger partial charge in [0.2, 0.25) is 8.03 Å². The van der Waals surface area contributed by atoms with Crippen LogP contribution in [0.1, 0.15) is 56.9 Å². The lowest BCUT2D eigenvalue weighted by atomic mass is 9.73. The number of aliphatic carboxylic acids is 1. The number of halogens is 1. The van der Waals surface area contributed by atoms with E-state index in [0.717, 1.165) is 5.56 Å². The van der Waals surface area contributed by atoms with Gasteiger partial charge in [-0.1, -0.05) is 63.2 Å². The largest absolute Gasteiger partial charge is 0.480 e. The molecule has 0 amide bonds. The number of pyridine rings is 1. The molecular weight excluding hydrogens is 480 g/mol. The molecule has 2 aromatic carbocycles. The summed E-state index contributed by atoms with van der Waals surface area (Å²) in [7, 11) is -2.11. The second kappa shape index (κ2) is 10.6. The minimum atomic E-state index is -3.29. The van der Waals surface area contributed by atoms with Crippen molar-refractivity contribution >= 4 is 14.0 Å². The molecule has 1 heterocycles. The van der Waals surface area contributed by atoms with E-state index in [1.807, 2.05) is 51.1 Å². The maximum atomic E-state index is 13.9. The summed E-state index contributed by atoms with van der Waals surface area (Å²) in [4.78, 5) is 17.7. The highest BCUT2D eigenvalue weighted by molar-refractivity contribution is 7.42. The van der Waals surface area contributed by atoms with E-state index in [1.165, 1.54) is 26.2 Å². The van der Waals surface area contributed by atoms with Gasteiger partial charge in [0.05, 0.1) is 11.4 Å². The van der Waals surface area contributed by atoms with Gasteiger partial charge in [-0.15, -0.1) is 0 Å². The van der Waals surface area contributed by atoms with Gasteiger partial charge in [-0.3, -0.25) is 14.3 Å². The number of nitrogens with zero attached hydrogens (tertiary/aromatic N) is 1. The van der Waals surface area contributed by atoms with Gasteiger partial charge < -0.3 is 14.7 Å². The van der Waals surface area contributed by atoms with Crippen LogP contribution >= 0.6 is 8.03 Å². The standard InChI is InChI=1S/C28H33FNO5P/c1-7-28(26(31)32,36(34)35-6)27(5,33)23-22(19-13-15-21(29)16-14-19)18(4)25(30-24(23)17(2)3)20-11-9-8-10-12-20/h8-17,33,36H,7H2,1-6H3,(H,31,32). The molecule has 192 valence electrons. The molecule has 0 aliphatic carbocycles. The van der Waals surface area contributed by atoms with Crippen molar-refractivity contribution in [3.8, 4) is 22.4 Å². The molecular formula is C28H33FNO5P. The zero-order valence-electron chi connectivity index (χ0n) is 21.4. The summed E-state index contributed by atoms with van der Waals surface area (Å²) in [6.07, 6.45) is -0.152. The maximum absolute atomic E-state index is 13.9. The molecule has 0 aliphatic heterocycles. The molecule has 0 spiro atoms. The van der Waals surface area contributed by atoms with Crippen molar-refractivity contribution in [2.75, 3.05) is 7.11 Å². The number of carboxylic acid groups (broad SMARTS) is 1. The van der Waals surface area contributed by atoms with Crippen LogP contribution in [0.4, 0.5) is 4.39 Å². The fourth-order valence-corrected chi connectivity index (χ4v) is 6.32. The van der Waals surface area contributed by atoms with Gasteiger partial charge in [-0.2, -0.15) is 0 Å². The Labute approximate surface area is 212 Å². The van der Waals surface area contributed by atoms with Crippen LogP contribution in [0.5, 0.6) is 0 Å². The van der Waals surface area contributed by atoms with Crippen molar-refractivity contribution in [3.63, 3.8) is 0 Å². The third-order valence-corrected chi connectivity index (χ3v) is 9.06. The van der Waals surface area contributed by atoms with Crippen molar-refractivity contribution in [1.82, 2.24) is 4.98 Å².